The van der Waals surface area contributed by atoms with Gasteiger partial charge >= 0.3 is 0 Å². The number of hydrogen-bond acceptors (Lipinski definition) is 5. The van der Waals surface area contributed by atoms with E-state index in [1.165, 1.54) is 6.07 Å². The largest absolute Gasteiger partial charge is 0.395 e. The zero-order chi connectivity index (χ0) is 14.1. The molecule has 0 saturated carbocycles. The maximum absolute atomic E-state index is 13.1. The first kappa shape index (κ1) is 13.3. The van der Waals surface area contributed by atoms with Crippen molar-refractivity contribution in [2.24, 2.45) is 0 Å². The van der Waals surface area contributed by atoms with E-state index in [9.17, 15) is 9.50 Å². The molecule has 0 spiro atoms. The Morgan fingerprint density at radius 3 is 3.05 bits per heavy atom. The zero-order valence-corrected chi connectivity index (χ0v) is 11.2. The minimum absolute atomic E-state index is 0.203. The summed E-state index contributed by atoms with van der Waals surface area (Å²) in [6.45, 7) is 2.58. The molecule has 6 heteroatoms. The molecule has 1 aromatic rings. The van der Waals surface area contributed by atoms with Gasteiger partial charge in [0.05, 0.1) is 18.4 Å². The Morgan fingerprint density at radius 1 is 1.45 bits per heavy atom. The highest BCUT2D eigenvalue weighted by molar-refractivity contribution is 5.54. The molecule has 20 heavy (non-hydrogen) atoms. The highest BCUT2D eigenvalue weighted by atomic mass is 19.1. The summed E-state index contributed by atoms with van der Waals surface area (Å²) in [5.41, 5.74) is 0.287. The van der Waals surface area contributed by atoms with Gasteiger partial charge in [0.2, 0.25) is 0 Å². The number of piperazine rings is 1. The number of rotatable bonds is 2. The number of fused-ring (bicyclic) bond motifs is 1. The number of aliphatic hydroxyl groups excluding tert-OH is 1. The van der Waals surface area contributed by atoms with Gasteiger partial charge in [-0.2, -0.15) is 5.26 Å². The second kappa shape index (κ2) is 5.35. The quantitative estimate of drug-likeness (QED) is 0.863. The number of nitrogens with zero attached hydrogens (tertiary/aromatic N) is 4. The van der Waals surface area contributed by atoms with E-state index in [2.05, 4.69) is 14.8 Å². The van der Waals surface area contributed by atoms with E-state index >= 15 is 0 Å². The van der Waals surface area contributed by atoms with E-state index in [-0.39, 0.29) is 18.2 Å². The zero-order valence-electron chi connectivity index (χ0n) is 11.2. The van der Waals surface area contributed by atoms with E-state index in [1.807, 2.05) is 6.07 Å². The van der Waals surface area contributed by atoms with Crippen molar-refractivity contribution >= 4 is 5.82 Å². The molecule has 0 bridgehead atoms. The molecule has 2 fully saturated rings. The standard InChI is InChI=1S/C14H17FN4O/c15-11-5-10(6-16)14(17-7-11)18-3-4-19-12(8-18)1-2-13(19)9-20/h5,7,12-13,20H,1-4,8-9H2/t12-,13+/m0/s1. The van der Waals surface area contributed by atoms with Crippen molar-refractivity contribution in [2.75, 3.05) is 31.1 Å². The van der Waals surface area contributed by atoms with E-state index in [0.717, 1.165) is 38.7 Å². The van der Waals surface area contributed by atoms with Crippen molar-refractivity contribution in [1.29, 1.82) is 5.26 Å². The molecule has 3 heterocycles. The number of aliphatic hydroxyl groups is 1. The average molecular weight is 276 g/mol. The summed E-state index contributed by atoms with van der Waals surface area (Å²) in [6.07, 6.45) is 3.22. The highest BCUT2D eigenvalue weighted by Crippen LogP contribution is 2.29. The van der Waals surface area contributed by atoms with Gasteiger partial charge in [0.25, 0.3) is 0 Å². The first-order chi connectivity index (χ1) is 9.72. The van der Waals surface area contributed by atoms with Crippen LogP contribution in [0.4, 0.5) is 10.2 Å². The van der Waals surface area contributed by atoms with Crippen molar-refractivity contribution in [3.05, 3.63) is 23.6 Å². The maximum atomic E-state index is 13.1. The van der Waals surface area contributed by atoms with Crippen molar-refractivity contribution in [2.45, 2.75) is 24.9 Å². The molecule has 2 aliphatic heterocycles. The van der Waals surface area contributed by atoms with Gasteiger partial charge in [-0.1, -0.05) is 0 Å². The summed E-state index contributed by atoms with van der Waals surface area (Å²) in [6, 6.07) is 3.90. The van der Waals surface area contributed by atoms with Crippen LogP contribution in [-0.2, 0) is 0 Å². The highest BCUT2D eigenvalue weighted by Gasteiger charge is 2.37. The Bertz CT molecular complexity index is 544. The fourth-order valence-electron chi connectivity index (χ4n) is 3.31. The molecule has 106 valence electrons. The van der Waals surface area contributed by atoms with Gasteiger partial charge in [0.15, 0.2) is 0 Å². The van der Waals surface area contributed by atoms with Gasteiger partial charge in [-0.15, -0.1) is 0 Å². The van der Waals surface area contributed by atoms with Crippen LogP contribution in [0.1, 0.15) is 18.4 Å². The molecule has 1 N–H and O–H groups in total. The number of pyridine rings is 1. The average Bonchev–Trinajstić information content (AvgIpc) is 2.89. The molecule has 0 aliphatic carbocycles. The van der Waals surface area contributed by atoms with Crippen LogP contribution in [0.3, 0.4) is 0 Å². The van der Waals surface area contributed by atoms with Crippen LogP contribution in [0.2, 0.25) is 0 Å². The van der Waals surface area contributed by atoms with Crippen LogP contribution >= 0.6 is 0 Å². The molecule has 2 atom stereocenters. The van der Waals surface area contributed by atoms with E-state index in [4.69, 9.17) is 5.26 Å². The lowest BCUT2D eigenvalue weighted by Gasteiger charge is -2.40. The number of aromatic nitrogens is 1. The van der Waals surface area contributed by atoms with Gasteiger partial charge in [-0.25, -0.2) is 9.37 Å². The van der Waals surface area contributed by atoms with Crippen molar-refractivity contribution in [1.82, 2.24) is 9.88 Å². The summed E-state index contributed by atoms with van der Waals surface area (Å²) in [7, 11) is 0. The predicted molar refractivity (Wildman–Crippen MR) is 71.7 cm³/mol. The molecule has 1 aromatic heterocycles. The van der Waals surface area contributed by atoms with Crippen LogP contribution in [0.5, 0.6) is 0 Å². The lowest BCUT2D eigenvalue weighted by Crippen LogP contribution is -2.53. The Hall–Kier alpha value is -1.71. The van der Waals surface area contributed by atoms with Gasteiger partial charge in [-0.05, 0) is 18.9 Å². The molecular formula is C14H17FN4O. The number of halogens is 1. The maximum Gasteiger partial charge on any atom is 0.146 e. The molecule has 2 aliphatic rings. The van der Waals surface area contributed by atoms with Crippen LogP contribution < -0.4 is 4.90 Å². The molecular weight excluding hydrogens is 259 g/mol. The molecule has 0 aromatic carbocycles. The monoisotopic (exact) mass is 276 g/mol. The Morgan fingerprint density at radius 2 is 2.30 bits per heavy atom. The van der Waals surface area contributed by atoms with E-state index < -0.39 is 5.82 Å². The summed E-state index contributed by atoms with van der Waals surface area (Å²) < 4.78 is 13.1. The molecule has 5 nitrogen and oxygen atoms in total. The smallest absolute Gasteiger partial charge is 0.146 e. The second-order valence-corrected chi connectivity index (χ2v) is 5.39. The molecule has 2 saturated heterocycles. The Labute approximate surface area is 117 Å². The minimum atomic E-state index is -0.481. The number of nitriles is 1. The normalized spacial score (nSPS) is 26.4. The fourth-order valence-corrected chi connectivity index (χ4v) is 3.31. The van der Waals surface area contributed by atoms with Crippen LogP contribution in [-0.4, -0.2) is 53.3 Å². The summed E-state index contributed by atoms with van der Waals surface area (Å²) >= 11 is 0. The van der Waals surface area contributed by atoms with Crippen molar-refractivity contribution < 1.29 is 9.50 Å². The third-order valence-corrected chi connectivity index (χ3v) is 4.29. The van der Waals surface area contributed by atoms with E-state index in [1.54, 1.807) is 0 Å². The van der Waals surface area contributed by atoms with Crippen LogP contribution in [0.15, 0.2) is 12.3 Å². The van der Waals surface area contributed by atoms with Crippen LogP contribution in [0, 0.1) is 17.1 Å². The third-order valence-electron chi connectivity index (χ3n) is 4.29. The fraction of sp³-hybridized carbons (Fsp3) is 0.571. The molecule has 3 rings (SSSR count). The molecule has 0 amide bonds. The first-order valence-electron chi connectivity index (χ1n) is 6.90. The topological polar surface area (TPSA) is 63.4 Å². The van der Waals surface area contributed by atoms with Gasteiger partial charge < -0.3 is 10.0 Å². The minimum Gasteiger partial charge on any atom is -0.395 e. The summed E-state index contributed by atoms with van der Waals surface area (Å²) in [5.74, 6) is 0.0890. The van der Waals surface area contributed by atoms with Gasteiger partial charge in [0.1, 0.15) is 17.7 Å². The molecule has 0 radical (unpaired) electrons. The summed E-state index contributed by atoms with van der Waals surface area (Å²) in [5, 5.41) is 18.5. The Kier molecular flexibility index (Phi) is 3.55. The summed E-state index contributed by atoms with van der Waals surface area (Å²) in [4.78, 5) is 8.48. The van der Waals surface area contributed by atoms with Gasteiger partial charge in [-0.3, -0.25) is 4.90 Å². The Balaban J connectivity index is 1.79. The van der Waals surface area contributed by atoms with Gasteiger partial charge in [0, 0.05) is 31.7 Å². The number of anilines is 1. The number of hydrogen-bond donors (Lipinski definition) is 1. The van der Waals surface area contributed by atoms with Crippen molar-refractivity contribution in [3.63, 3.8) is 0 Å². The van der Waals surface area contributed by atoms with Crippen molar-refractivity contribution in [3.8, 4) is 6.07 Å². The van der Waals surface area contributed by atoms with E-state index in [0.29, 0.717) is 11.9 Å². The lowest BCUT2D eigenvalue weighted by molar-refractivity contribution is 0.120. The lowest BCUT2D eigenvalue weighted by atomic mass is 10.1. The third kappa shape index (κ3) is 2.23. The SMILES string of the molecule is N#Cc1cc(F)cnc1N1CCN2[C@@H](CO)CC[C@H]2C1. The first-order valence-corrected chi connectivity index (χ1v) is 6.90. The molecule has 0 unspecified atom stereocenters. The van der Waals surface area contributed by atoms with Crippen LogP contribution in [0.25, 0.3) is 0 Å². The second-order valence-electron chi connectivity index (χ2n) is 5.39. The predicted octanol–water partition coefficient (Wildman–Crippen LogP) is 0.738.